The summed E-state index contributed by atoms with van der Waals surface area (Å²) in [5, 5.41) is 0. The maximum absolute atomic E-state index is 11.8. The molecule has 224 valence electrons. The summed E-state index contributed by atoms with van der Waals surface area (Å²) in [4.78, 5) is 11.8. The monoisotopic (exact) mass is 592 g/mol. The molecule has 0 amide bonds. The second-order valence-electron chi connectivity index (χ2n) is 14.1. The Morgan fingerprint density at radius 1 is 0.658 bits per heavy atom. The Labute approximate surface area is 235 Å². The van der Waals surface area contributed by atoms with Crippen molar-refractivity contribution in [3.63, 3.8) is 0 Å². The van der Waals surface area contributed by atoms with Crippen LogP contribution >= 0.6 is 0 Å². The molecule has 38 heavy (non-hydrogen) atoms. The molecule has 4 unspecified atom stereocenters. The molecule has 0 aliphatic carbocycles. The summed E-state index contributed by atoms with van der Waals surface area (Å²) in [6.45, 7) is 29.7. The van der Waals surface area contributed by atoms with Gasteiger partial charge in [0.05, 0.1) is 6.10 Å². The van der Waals surface area contributed by atoms with E-state index in [1.54, 1.807) is 0 Å². The van der Waals surface area contributed by atoms with Gasteiger partial charge in [-0.3, -0.25) is 4.79 Å². The Morgan fingerprint density at radius 3 is 1.61 bits per heavy atom. The van der Waals surface area contributed by atoms with Crippen molar-refractivity contribution in [1.29, 1.82) is 0 Å². The van der Waals surface area contributed by atoms with Gasteiger partial charge in [0.2, 0.25) is 0 Å². The van der Waals surface area contributed by atoms with Crippen molar-refractivity contribution in [2.45, 2.75) is 143 Å². The van der Waals surface area contributed by atoms with Crippen molar-refractivity contribution in [2.75, 3.05) is 6.61 Å². The summed E-state index contributed by atoms with van der Waals surface area (Å²) in [5.74, 6) is 0.667. The third kappa shape index (κ3) is 10.1. The number of hydrogen-bond acceptors (Lipinski definition) is 8. The summed E-state index contributed by atoms with van der Waals surface area (Å²) >= 11 is 0. The molecule has 8 nitrogen and oxygen atoms in total. The largest absolute Gasteiger partial charge is 0.463 e. The highest BCUT2D eigenvalue weighted by Gasteiger charge is 2.53. The van der Waals surface area contributed by atoms with E-state index >= 15 is 0 Å². The highest BCUT2D eigenvalue weighted by molar-refractivity contribution is 6.70. The van der Waals surface area contributed by atoms with Crippen LogP contribution in [-0.4, -0.2) is 80.6 Å². The number of carbonyl (C=O) groups excluding carboxylic acids is 1. The maximum Gasteiger partial charge on any atom is 0.302 e. The summed E-state index contributed by atoms with van der Waals surface area (Å²) in [5.41, 5.74) is 0. The van der Waals surface area contributed by atoms with Crippen molar-refractivity contribution in [3.05, 3.63) is 0 Å². The van der Waals surface area contributed by atoms with Gasteiger partial charge in [0, 0.05) is 12.8 Å². The summed E-state index contributed by atoms with van der Waals surface area (Å²) in [7, 11) is -6.19. The third-order valence-electron chi connectivity index (χ3n) is 7.16. The van der Waals surface area contributed by atoms with Gasteiger partial charge in [0.1, 0.15) is 31.0 Å². The van der Waals surface area contributed by atoms with Crippen LogP contribution in [0.3, 0.4) is 0 Å². The normalized spacial score (nSPS) is 37.2. The van der Waals surface area contributed by atoms with Crippen LogP contribution in [0.4, 0.5) is 0 Å². The zero-order valence-electron chi connectivity index (χ0n) is 26.5. The van der Waals surface area contributed by atoms with Crippen LogP contribution in [-0.2, 0) is 37.0 Å². The first-order valence-corrected chi connectivity index (χ1v) is 24.6. The standard InChI is InChI=1S/C27H56O8Si3/c1-15-21-18(3)17(2)19(4)26(30-21)32-27-25(35-38(12,13)14)24(34-37(9,10)11)23(33-36(6,7)8)22(31-27)16-29-20(5)28/h17-19,21-27H,15-16H2,1-14H3/t17-,18-,19?,21?,22?,23+,24-,25?,26+,27+/m0/s1. The van der Waals surface area contributed by atoms with E-state index < -0.39 is 61.9 Å². The summed E-state index contributed by atoms with van der Waals surface area (Å²) in [6.07, 6.45) is -2.13. The van der Waals surface area contributed by atoms with E-state index in [2.05, 4.69) is 86.6 Å². The number of rotatable bonds is 11. The number of ether oxygens (including phenoxy) is 4. The van der Waals surface area contributed by atoms with Crippen LogP contribution < -0.4 is 0 Å². The van der Waals surface area contributed by atoms with Gasteiger partial charge in [-0.15, -0.1) is 0 Å². The lowest BCUT2D eigenvalue weighted by Gasteiger charge is -2.52. The van der Waals surface area contributed by atoms with E-state index in [0.717, 1.165) is 6.42 Å². The molecule has 2 heterocycles. The lowest BCUT2D eigenvalue weighted by Crippen LogP contribution is -2.67. The van der Waals surface area contributed by atoms with Gasteiger partial charge in [0.25, 0.3) is 0 Å². The number of hydrogen-bond donors (Lipinski definition) is 0. The summed E-state index contributed by atoms with van der Waals surface area (Å²) < 4.78 is 45.7. The molecule has 2 aliphatic rings. The molecular weight excluding hydrogens is 537 g/mol. The molecule has 0 N–H and O–H groups in total. The molecular formula is C27H56O8Si3. The van der Waals surface area contributed by atoms with Gasteiger partial charge in [-0.1, -0.05) is 27.7 Å². The Hall–Kier alpha value is -0.119. The molecule has 11 heteroatoms. The molecule has 0 aromatic rings. The lowest BCUT2D eigenvalue weighted by molar-refractivity contribution is -0.356. The average Bonchev–Trinajstić information content (AvgIpc) is 2.74. The van der Waals surface area contributed by atoms with Gasteiger partial charge in [-0.2, -0.15) is 0 Å². The SMILES string of the molecule is CCC1O[C@H](O[C@H]2OC(COC(C)=O)[C@@H](O[Si](C)(C)C)[C@H](O[Si](C)(C)C)C2O[Si](C)(C)C)C(C)[C@@H](C)[C@@H]1C. The molecule has 0 bridgehead atoms. The molecule has 0 saturated carbocycles. The first kappa shape index (κ1) is 34.1. The van der Waals surface area contributed by atoms with Gasteiger partial charge in [-0.25, -0.2) is 0 Å². The smallest absolute Gasteiger partial charge is 0.302 e. The van der Waals surface area contributed by atoms with Crippen LogP contribution in [0, 0.1) is 17.8 Å². The summed E-state index contributed by atoms with van der Waals surface area (Å²) in [6, 6.07) is 0. The highest BCUT2D eigenvalue weighted by atomic mass is 28.4. The van der Waals surface area contributed by atoms with Crippen molar-refractivity contribution >= 4 is 30.9 Å². The van der Waals surface area contributed by atoms with Crippen LogP contribution in [0.1, 0.15) is 41.0 Å². The molecule has 10 atom stereocenters. The fourth-order valence-electron chi connectivity index (χ4n) is 5.19. The van der Waals surface area contributed by atoms with Crippen LogP contribution in [0.25, 0.3) is 0 Å². The Kier molecular flexibility index (Phi) is 11.9. The number of carbonyl (C=O) groups is 1. The lowest BCUT2D eigenvalue weighted by atomic mass is 9.78. The van der Waals surface area contributed by atoms with Crippen molar-refractivity contribution < 1.29 is 37.0 Å². The second kappa shape index (κ2) is 13.2. The van der Waals surface area contributed by atoms with Crippen LogP contribution in [0.2, 0.25) is 58.9 Å². The fraction of sp³-hybridized carbons (Fsp3) is 0.963. The minimum Gasteiger partial charge on any atom is -0.463 e. The molecule has 0 aromatic carbocycles. The molecule has 2 saturated heterocycles. The molecule has 0 aromatic heterocycles. The minimum atomic E-state index is -2.07. The molecule has 2 rings (SSSR count). The average molecular weight is 593 g/mol. The Balaban J connectivity index is 2.53. The van der Waals surface area contributed by atoms with Crippen molar-refractivity contribution in [3.8, 4) is 0 Å². The zero-order chi connectivity index (χ0) is 29.2. The Morgan fingerprint density at radius 2 is 1.13 bits per heavy atom. The van der Waals surface area contributed by atoms with E-state index in [4.69, 9.17) is 32.2 Å². The first-order valence-electron chi connectivity index (χ1n) is 14.4. The molecule has 0 radical (unpaired) electrons. The van der Waals surface area contributed by atoms with Crippen LogP contribution in [0.5, 0.6) is 0 Å². The Bertz CT molecular complexity index is 761. The van der Waals surface area contributed by atoms with Crippen LogP contribution in [0.15, 0.2) is 0 Å². The minimum absolute atomic E-state index is 0.0572. The third-order valence-corrected chi connectivity index (χ3v) is 10.1. The highest BCUT2D eigenvalue weighted by Crippen LogP contribution is 2.40. The predicted octanol–water partition coefficient (Wildman–Crippen LogP) is 5.99. The zero-order valence-corrected chi connectivity index (χ0v) is 29.5. The van der Waals surface area contributed by atoms with E-state index in [1.807, 2.05) is 0 Å². The quantitative estimate of drug-likeness (QED) is 0.214. The predicted molar refractivity (Wildman–Crippen MR) is 157 cm³/mol. The van der Waals surface area contributed by atoms with Gasteiger partial charge in [0.15, 0.2) is 37.5 Å². The molecule has 2 aliphatic heterocycles. The van der Waals surface area contributed by atoms with Gasteiger partial charge in [-0.05, 0) is 77.2 Å². The van der Waals surface area contributed by atoms with E-state index in [-0.39, 0.29) is 24.6 Å². The van der Waals surface area contributed by atoms with E-state index in [1.165, 1.54) is 6.92 Å². The first-order chi connectivity index (χ1) is 17.2. The van der Waals surface area contributed by atoms with E-state index in [0.29, 0.717) is 11.8 Å². The second-order valence-corrected chi connectivity index (χ2v) is 27.5. The molecule has 0 spiro atoms. The maximum atomic E-state index is 11.8. The van der Waals surface area contributed by atoms with E-state index in [9.17, 15) is 4.79 Å². The fourth-order valence-corrected chi connectivity index (χ4v) is 8.44. The van der Waals surface area contributed by atoms with Gasteiger partial charge < -0.3 is 32.2 Å². The van der Waals surface area contributed by atoms with Crippen molar-refractivity contribution in [1.82, 2.24) is 0 Å². The van der Waals surface area contributed by atoms with Gasteiger partial charge >= 0.3 is 5.97 Å². The topological polar surface area (TPSA) is 81.7 Å². The molecule has 2 fully saturated rings. The number of esters is 1. The van der Waals surface area contributed by atoms with Crippen molar-refractivity contribution in [2.24, 2.45) is 17.8 Å².